The highest BCUT2D eigenvalue weighted by molar-refractivity contribution is 5.76. The van der Waals surface area contributed by atoms with E-state index in [1.807, 2.05) is 0 Å². The highest BCUT2D eigenvalue weighted by Crippen LogP contribution is 2.41. The lowest BCUT2D eigenvalue weighted by atomic mass is 10.1. The number of fused-ring (bicyclic) bond motifs is 1. The number of hydrogen-bond acceptors (Lipinski definition) is 5. The summed E-state index contributed by atoms with van der Waals surface area (Å²) >= 11 is 0. The number of ether oxygens (including phenoxy) is 1. The normalized spacial score (nSPS) is 17.1. The third kappa shape index (κ3) is 2.23. The SMILES string of the molecule is CCOC(=O)C1Cc2c(F)cc(O)c([N+](=O)[O-])c2C1. The van der Waals surface area contributed by atoms with Crippen LogP contribution in [0.25, 0.3) is 0 Å². The van der Waals surface area contributed by atoms with Crippen molar-refractivity contribution in [1.29, 1.82) is 0 Å². The quantitative estimate of drug-likeness (QED) is 0.512. The summed E-state index contributed by atoms with van der Waals surface area (Å²) in [5.74, 6) is -2.59. The van der Waals surface area contributed by atoms with Gasteiger partial charge in [-0.15, -0.1) is 0 Å². The van der Waals surface area contributed by atoms with Crippen LogP contribution in [0.1, 0.15) is 18.1 Å². The van der Waals surface area contributed by atoms with Crippen LogP contribution in [0.15, 0.2) is 6.07 Å². The maximum atomic E-state index is 13.7. The highest BCUT2D eigenvalue weighted by atomic mass is 19.1. The molecule has 0 radical (unpaired) electrons. The van der Waals surface area contributed by atoms with Gasteiger partial charge in [0.05, 0.1) is 17.4 Å². The smallest absolute Gasteiger partial charge is 0.314 e. The summed E-state index contributed by atoms with van der Waals surface area (Å²) in [6, 6.07) is 0.713. The van der Waals surface area contributed by atoms with Crippen molar-refractivity contribution in [3.8, 4) is 5.75 Å². The number of phenolic OH excluding ortho intramolecular Hbond substituents is 1. The predicted octanol–water partition coefficient (Wildman–Crippen LogP) is 1.72. The minimum absolute atomic E-state index is 0.00972. The molecule has 1 aliphatic carbocycles. The van der Waals surface area contributed by atoms with Crippen LogP contribution in [0.2, 0.25) is 0 Å². The Morgan fingerprint density at radius 1 is 1.58 bits per heavy atom. The van der Waals surface area contributed by atoms with Crippen molar-refractivity contribution < 1.29 is 24.0 Å². The van der Waals surface area contributed by atoms with Crippen LogP contribution in [0, 0.1) is 21.8 Å². The van der Waals surface area contributed by atoms with Gasteiger partial charge >= 0.3 is 11.7 Å². The van der Waals surface area contributed by atoms with Gasteiger partial charge in [0.25, 0.3) is 0 Å². The third-order valence-electron chi connectivity index (χ3n) is 3.15. The summed E-state index contributed by atoms with van der Waals surface area (Å²) in [5, 5.41) is 20.4. The van der Waals surface area contributed by atoms with Crippen molar-refractivity contribution in [2.45, 2.75) is 19.8 Å². The topological polar surface area (TPSA) is 89.7 Å². The molecule has 2 rings (SSSR count). The number of carbonyl (C=O) groups excluding carboxylic acids is 1. The molecule has 102 valence electrons. The molecule has 1 aliphatic rings. The fourth-order valence-corrected chi connectivity index (χ4v) is 2.35. The van der Waals surface area contributed by atoms with Crippen molar-refractivity contribution in [2.24, 2.45) is 5.92 Å². The zero-order valence-electron chi connectivity index (χ0n) is 10.2. The minimum Gasteiger partial charge on any atom is -0.502 e. The maximum absolute atomic E-state index is 13.7. The average molecular weight is 269 g/mol. The van der Waals surface area contributed by atoms with Gasteiger partial charge in [-0.25, -0.2) is 4.39 Å². The number of benzene rings is 1. The van der Waals surface area contributed by atoms with Gasteiger partial charge in [0.1, 0.15) is 5.82 Å². The van der Waals surface area contributed by atoms with Crippen molar-refractivity contribution in [2.75, 3.05) is 6.61 Å². The van der Waals surface area contributed by atoms with Crippen molar-refractivity contribution in [3.63, 3.8) is 0 Å². The first-order valence-electron chi connectivity index (χ1n) is 5.80. The number of halogens is 1. The van der Waals surface area contributed by atoms with Crippen LogP contribution in [0.5, 0.6) is 5.75 Å². The number of nitrogens with zero attached hydrogens (tertiary/aromatic N) is 1. The first kappa shape index (κ1) is 13.3. The van der Waals surface area contributed by atoms with Gasteiger partial charge in [-0.1, -0.05) is 0 Å². The Kier molecular flexibility index (Phi) is 3.37. The lowest BCUT2D eigenvalue weighted by Gasteiger charge is -2.06. The number of nitro groups is 1. The molecule has 0 saturated carbocycles. The molecule has 1 aromatic rings. The first-order chi connectivity index (χ1) is 8.95. The molecule has 1 unspecified atom stereocenters. The highest BCUT2D eigenvalue weighted by Gasteiger charge is 2.37. The number of carbonyl (C=O) groups is 1. The van der Waals surface area contributed by atoms with E-state index in [2.05, 4.69) is 0 Å². The Hall–Kier alpha value is -2.18. The number of hydrogen-bond donors (Lipinski definition) is 1. The molecule has 19 heavy (non-hydrogen) atoms. The molecule has 0 heterocycles. The van der Waals surface area contributed by atoms with E-state index >= 15 is 0 Å². The molecule has 0 saturated heterocycles. The van der Waals surface area contributed by atoms with Gasteiger partial charge < -0.3 is 9.84 Å². The van der Waals surface area contributed by atoms with E-state index in [1.165, 1.54) is 0 Å². The second kappa shape index (κ2) is 4.83. The van der Waals surface area contributed by atoms with E-state index in [4.69, 9.17) is 4.74 Å². The summed E-state index contributed by atoms with van der Waals surface area (Å²) in [7, 11) is 0. The molecule has 1 aromatic carbocycles. The molecule has 0 spiro atoms. The summed E-state index contributed by atoms with van der Waals surface area (Å²) in [5.41, 5.74) is -0.327. The van der Waals surface area contributed by atoms with Gasteiger partial charge in [0, 0.05) is 11.6 Å². The Balaban J connectivity index is 2.42. The fourth-order valence-electron chi connectivity index (χ4n) is 2.35. The summed E-state index contributed by atoms with van der Waals surface area (Å²) in [6.07, 6.45) is 0.0664. The van der Waals surface area contributed by atoms with Gasteiger partial charge in [0.15, 0.2) is 5.75 Å². The Labute approximate surface area is 108 Å². The van der Waals surface area contributed by atoms with Crippen LogP contribution in [0.3, 0.4) is 0 Å². The molecule has 0 fully saturated rings. The van der Waals surface area contributed by atoms with E-state index in [-0.39, 0.29) is 30.6 Å². The lowest BCUT2D eigenvalue weighted by Crippen LogP contribution is -2.17. The molecule has 7 heteroatoms. The minimum atomic E-state index is -0.763. The number of nitro benzene ring substituents is 1. The Morgan fingerprint density at radius 2 is 2.21 bits per heavy atom. The fraction of sp³-hybridized carbons (Fsp3) is 0.417. The lowest BCUT2D eigenvalue weighted by molar-refractivity contribution is -0.386. The standard InChI is InChI=1S/C12H12FNO5/c1-2-19-12(16)6-3-7-8(4-6)11(14(17)18)10(15)5-9(7)13/h5-6,15H,2-4H2,1H3. The summed E-state index contributed by atoms with van der Waals surface area (Å²) < 4.78 is 18.5. The number of phenols is 1. The van der Waals surface area contributed by atoms with Gasteiger partial charge in [-0.3, -0.25) is 14.9 Å². The molecule has 0 bridgehead atoms. The molecule has 1 atom stereocenters. The van der Waals surface area contributed by atoms with Crippen LogP contribution >= 0.6 is 0 Å². The number of rotatable bonds is 3. The second-order valence-corrected chi connectivity index (χ2v) is 4.30. The van der Waals surface area contributed by atoms with Crippen molar-refractivity contribution >= 4 is 11.7 Å². The summed E-state index contributed by atoms with van der Waals surface area (Å²) in [6.45, 7) is 1.84. The Morgan fingerprint density at radius 3 is 2.79 bits per heavy atom. The zero-order valence-corrected chi connectivity index (χ0v) is 10.2. The van der Waals surface area contributed by atoms with Crippen LogP contribution in [-0.4, -0.2) is 22.6 Å². The maximum Gasteiger partial charge on any atom is 0.314 e. The number of aromatic hydroxyl groups is 1. The molecule has 0 aliphatic heterocycles. The van der Waals surface area contributed by atoms with Gasteiger partial charge in [-0.2, -0.15) is 0 Å². The van der Waals surface area contributed by atoms with Crippen LogP contribution in [0.4, 0.5) is 10.1 Å². The third-order valence-corrected chi connectivity index (χ3v) is 3.15. The van der Waals surface area contributed by atoms with Gasteiger partial charge in [-0.05, 0) is 25.3 Å². The predicted molar refractivity (Wildman–Crippen MR) is 62.3 cm³/mol. The molecule has 1 N–H and O–H groups in total. The van der Waals surface area contributed by atoms with E-state index in [1.54, 1.807) is 6.92 Å². The van der Waals surface area contributed by atoms with Crippen molar-refractivity contribution in [3.05, 3.63) is 33.1 Å². The first-order valence-corrected chi connectivity index (χ1v) is 5.80. The number of esters is 1. The summed E-state index contributed by atoms with van der Waals surface area (Å²) in [4.78, 5) is 21.8. The molecular formula is C12H12FNO5. The zero-order chi connectivity index (χ0) is 14.2. The second-order valence-electron chi connectivity index (χ2n) is 4.30. The van der Waals surface area contributed by atoms with E-state index in [0.717, 1.165) is 0 Å². The van der Waals surface area contributed by atoms with Crippen molar-refractivity contribution in [1.82, 2.24) is 0 Å². The average Bonchev–Trinajstić information content (AvgIpc) is 2.73. The van der Waals surface area contributed by atoms with E-state index in [9.17, 15) is 24.4 Å². The molecule has 0 amide bonds. The van der Waals surface area contributed by atoms with E-state index < -0.39 is 34.1 Å². The van der Waals surface area contributed by atoms with Crippen LogP contribution in [-0.2, 0) is 22.4 Å². The molecule has 0 aromatic heterocycles. The largest absolute Gasteiger partial charge is 0.502 e. The molecule has 6 nitrogen and oxygen atoms in total. The van der Waals surface area contributed by atoms with E-state index in [0.29, 0.717) is 6.07 Å². The monoisotopic (exact) mass is 269 g/mol. The Bertz CT molecular complexity index is 558. The van der Waals surface area contributed by atoms with Crippen LogP contribution < -0.4 is 0 Å². The van der Waals surface area contributed by atoms with Gasteiger partial charge in [0.2, 0.25) is 0 Å². The molecular weight excluding hydrogens is 257 g/mol.